The molecule has 0 radical (unpaired) electrons. The van der Waals surface area contributed by atoms with Gasteiger partial charge >= 0.3 is 13.5 Å². The van der Waals surface area contributed by atoms with Gasteiger partial charge in [-0.25, -0.2) is 9.36 Å². The first-order chi connectivity index (χ1) is 16.5. The number of aliphatic hydroxyl groups is 2. The van der Waals surface area contributed by atoms with E-state index < -0.39 is 50.2 Å². The molecule has 0 saturated carbocycles. The number of ether oxygens (including phenoxy) is 1. The maximum atomic E-state index is 13.1. The minimum Gasteiger partial charge on any atom is -0.387 e. The highest BCUT2D eigenvalue weighted by molar-refractivity contribution is 7.46. The molecule has 1 unspecified atom stereocenters. The van der Waals surface area contributed by atoms with Crippen LogP contribution in [0, 0.1) is 0 Å². The number of pyridine rings is 1. The van der Waals surface area contributed by atoms with Crippen molar-refractivity contribution in [2.45, 2.75) is 31.1 Å². The van der Waals surface area contributed by atoms with Gasteiger partial charge in [-0.05, 0) is 11.6 Å². The lowest BCUT2D eigenvalue weighted by Crippen LogP contribution is -2.43. The average Bonchev–Trinajstić information content (AvgIpc) is 3.10. The van der Waals surface area contributed by atoms with Gasteiger partial charge in [-0.2, -0.15) is 0 Å². The number of aromatic nitrogens is 3. The maximum Gasteiger partial charge on any atom is 0.469 e. The first-order valence-corrected chi connectivity index (χ1v) is 12.2. The van der Waals surface area contributed by atoms with Crippen LogP contribution in [-0.4, -0.2) is 59.0 Å². The van der Waals surface area contributed by atoms with Crippen molar-refractivity contribution in [2.24, 2.45) is 0 Å². The van der Waals surface area contributed by atoms with Gasteiger partial charge < -0.3 is 24.7 Å². The van der Waals surface area contributed by atoms with Crippen molar-refractivity contribution >= 4 is 19.4 Å². The van der Waals surface area contributed by atoms with Crippen LogP contribution in [-0.2, 0) is 20.4 Å². The Morgan fingerprint density at radius 1 is 1.11 bits per heavy atom. The highest BCUT2D eigenvalue weighted by atomic mass is 35.5. The Labute approximate surface area is 202 Å². The molecule has 3 aromatic rings. The van der Waals surface area contributed by atoms with Gasteiger partial charge in [0.1, 0.15) is 18.3 Å². The second-order valence-corrected chi connectivity index (χ2v) is 9.43. The molecule has 4 rings (SSSR count). The first-order valence-electron chi connectivity index (χ1n) is 10.3. The minimum atomic E-state index is -4.85. The summed E-state index contributed by atoms with van der Waals surface area (Å²) in [6.45, 7) is -0.948. The van der Waals surface area contributed by atoms with Crippen LogP contribution in [0.5, 0.6) is 0 Å². The van der Waals surface area contributed by atoms with E-state index in [1.54, 1.807) is 6.07 Å². The van der Waals surface area contributed by atoms with Gasteiger partial charge in [0.25, 0.3) is 5.56 Å². The Morgan fingerprint density at radius 3 is 2.51 bits per heavy atom. The summed E-state index contributed by atoms with van der Waals surface area (Å²) in [5.74, 6) is 0. The van der Waals surface area contributed by atoms with Gasteiger partial charge in [0.15, 0.2) is 6.23 Å². The van der Waals surface area contributed by atoms with Gasteiger partial charge in [-0.15, -0.1) is 0 Å². The second-order valence-electron chi connectivity index (χ2n) is 7.78. The lowest BCUT2D eigenvalue weighted by atomic mass is 10.1. The van der Waals surface area contributed by atoms with E-state index in [1.807, 2.05) is 30.3 Å². The molecule has 186 valence electrons. The third kappa shape index (κ3) is 5.61. The third-order valence-corrected chi connectivity index (χ3v) is 6.22. The zero-order chi connectivity index (χ0) is 25.3. The molecule has 0 amide bonds. The van der Waals surface area contributed by atoms with Crippen LogP contribution in [0.3, 0.4) is 0 Å². The first kappa shape index (κ1) is 25.4. The molecule has 1 aliphatic rings. The molecule has 12 nitrogen and oxygen atoms in total. The highest BCUT2D eigenvalue weighted by Crippen LogP contribution is 2.38. The van der Waals surface area contributed by atoms with E-state index in [-0.39, 0.29) is 6.54 Å². The molecular formula is C21H21ClN3O9P. The Hall–Kier alpha value is -2.67. The molecule has 14 heteroatoms. The Kier molecular flexibility index (Phi) is 7.36. The van der Waals surface area contributed by atoms with E-state index in [4.69, 9.17) is 26.1 Å². The van der Waals surface area contributed by atoms with Gasteiger partial charge in [0.2, 0.25) is 0 Å². The topological polar surface area (TPSA) is 173 Å². The maximum absolute atomic E-state index is 13.1. The summed E-state index contributed by atoms with van der Waals surface area (Å²) in [6, 6.07) is 12.0. The molecule has 1 aliphatic heterocycles. The average molecular weight is 526 g/mol. The summed E-state index contributed by atoms with van der Waals surface area (Å²) in [4.78, 5) is 47.5. The van der Waals surface area contributed by atoms with Gasteiger partial charge in [-0.3, -0.25) is 23.4 Å². The third-order valence-electron chi connectivity index (χ3n) is 5.43. The predicted octanol–water partition coefficient (Wildman–Crippen LogP) is 0.502. The van der Waals surface area contributed by atoms with Crippen LogP contribution in [0.1, 0.15) is 11.9 Å². The van der Waals surface area contributed by atoms with Crippen molar-refractivity contribution in [3.05, 3.63) is 86.4 Å². The Bertz CT molecular complexity index is 1370. The van der Waals surface area contributed by atoms with E-state index in [2.05, 4.69) is 9.51 Å². The van der Waals surface area contributed by atoms with Crippen molar-refractivity contribution in [2.75, 3.05) is 6.61 Å². The normalized spacial score (nSPS) is 22.4. The molecule has 1 fully saturated rings. The van der Waals surface area contributed by atoms with Gasteiger partial charge in [-0.1, -0.05) is 41.9 Å². The van der Waals surface area contributed by atoms with Crippen LogP contribution >= 0.6 is 19.4 Å². The van der Waals surface area contributed by atoms with Crippen molar-refractivity contribution < 1.29 is 33.8 Å². The number of hydrogen-bond donors (Lipinski definition) is 4. The van der Waals surface area contributed by atoms with Crippen molar-refractivity contribution in [1.29, 1.82) is 0 Å². The van der Waals surface area contributed by atoms with Crippen molar-refractivity contribution in [3.8, 4) is 11.1 Å². The van der Waals surface area contributed by atoms with Crippen LogP contribution in [0.25, 0.3) is 11.1 Å². The number of nitrogens with zero attached hydrogens (tertiary/aromatic N) is 3. The molecule has 35 heavy (non-hydrogen) atoms. The number of phosphoric ester groups is 1. The number of rotatable bonds is 7. The second kappa shape index (κ2) is 10.1. The molecule has 0 bridgehead atoms. The standard InChI is InChI=1S/C21H21ClN3O9P/c22-15-9-23-13(8-14(15)12-4-2-1-3-5-12)10-25-17(26)6-7-24(21(25)29)20-19(28)18(27)16(34-20)11-33-35(30,31)32/h1-9,16,18-20,27-28H,10-11H2,(H2,30,31,32)/t16-,18+,19?,20-/m1/s1. The zero-order valence-corrected chi connectivity index (χ0v) is 19.6. The summed E-state index contributed by atoms with van der Waals surface area (Å²) in [7, 11) is -4.85. The molecule has 0 spiro atoms. The summed E-state index contributed by atoms with van der Waals surface area (Å²) in [5.41, 5.74) is 0.346. The fourth-order valence-corrected chi connectivity index (χ4v) is 4.26. The summed E-state index contributed by atoms with van der Waals surface area (Å²) < 4.78 is 22.5. The van der Waals surface area contributed by atoms with E-state index in [9.17, 15) is 24.4 Å². The number of phosphoric acid groups is 1. The van der Waals surface area contributed by atoms with Crippen LogP contribution < -0.4 is 11.2 Å². The van der Waals surface area contributed by atoms with Crippen LogP contribution in [0.2, 0.25) is 5.02 Å². The fraction of sp³-hybridized carbons (Fsp3) is 0.286. The van der Waals surface area contributed by atoms with Gasteiger partial charge in [0, 0.05) is 24.0 Å². The molecule has 1 aromatic carbocycles. The number of aliphatic hydroxyl groups excluding tert-OH is 2. The molecule has 0 aliphatic carbocycles. The lowest BCUT2D eigenvalue weighted by molar-refractivity contribution is -0.0548. The molecular weight excluding hydrogens is 505 g/mol. The predicted molar refractivity (Wildman–Crippen MR) is 123 cm³/mol. The monoisotopic (exact) mass is 525 g/mol. The molecule has 4 N–H and O–H groups in total. The van der Waals surface area contributed by atoms with Crippen LogP contribution in [0.4, 0.5) is 0 Å². The van der Waals surface area contributed by atoms with E-state index >= 15 is 0 Å². The lowest BCUT2D eigenvalue weighted by Gasteiger charge is -2.19. The molecule has 4 atom stereocenters. The van der Waals surface area contributed by atoms with Gasteiger partial charge in [0.05, 0.1) is 23.9 Å². The Morgan fingerprint density at radius 2 is 1.83 bits per heavy atom. The van der Waals surface area contributed by atoms with E-state index in [1.165, 1.54) is 6.20 Å². The largest absolute Gasteiger partial charge is 0.469 e. The number of hydrogen-bond acceptors (Lipinski definition) is 8. The molecule has 3 heterocycles. The fourth-order valence-electron chi connectivity index (χ4n) is 3.71. The Balaban J connectivity index is 1.63. The summed E-state index contributed by atoms with van der Waals surface area (Å²) in [5, 5.41) is 21.0. The summed E-state index contributed by atoms with van der Waals surface area (Å²) in [6.07, 6.45) is -3.50. The summed E-state index contributed by atoms with van der Waals surface area (Å²) >= 11 is 6.28. The highest BCUT2D eigenvalue weighted by Gasteiger charge is 2.45. The van der Waals surface area contributed by atoms with Crippen molar-refractivity contribution in [3.63, 3.8) is 0 Å². The number of benzene rings is 1. The smallest absolute Gasteiger partial charge is 0.387 e. The minimum absolute atomic E-state index is 0.217. The molecule has 1 saturated heterocycles. The SMILES string of the molecule is O=c1ccn([C@@H]2O[C@H](COP(=O)(O)O)[C@H](O)C2O)c(=O)n1Cc1cc(-c2ccccc2)c(Cl)cn1. The van der Waals surface area contributed by atoms with E-state index in [0.717, 1.165) is 27.0 Å². The molecule has 2 aromatic heterocycles. The van der Waals surface area contributed by atoms with Crippen LogP contribution in [0.15, 0.2) is 64.4 Å². The number of halogens is 1. The quantitative estimate of drug-likeness (QED) is 0.318. The van der Waals surface area contributed by atoms with E-state index in [0.29, 0.717) is 16.3 Å². The zero-order valence-electron chi connectivity index (χ0n) is 17.9. The van der Waals surface area contributed by atoms with Crippen molar-refractivity contribution in [1.82, 2.24) is 14.1 Å².